The number of hydrogen-bond acceptors (Lipinski definition) is 3. The van der Waals surface area contributed by atoms with Crippen LogP contribution >= 0.6 is 0 Å². The number of halogens is 2. The fraction of sp³-hybridized carbons (Fsp3) is 0.480. The van der Waals surface area contributed by atoms with Gasteiger partial charge in [0.1, 0.15) is 16.4 Å². The lowest BCUT2D eigenvalue weighted by Crippen LogP contribution is -2.42. The maximum absolute atomic E-state index is 16.0. The SMILES string of the molecule is Cc1cc(C)c(-c2cc(C3CC3)c(F)c(C(CC(=O)O)N[S@+]([O-])C(C)(C)C)c2F)c(C)c1. The monoisotopic (exact) mass is 463 g/mol. The summed E-state index contributed by atoms with van der Waals surface area (Å²) in [5, 5.41) is 9.45. The second kappa shape index (κ2) is 9.12. The van der Waals surface area contributed by atoms with Crippen molar-refractivity contribution < 1.29 is 23.2 Å². The van der Waals surface area contributed by atoms with Gasteiger partial charge in [-0.05, 0) is 88.6 Å². The van der Waals surface area contributed by atoms with E-state index in [9.17, 15) is 14.5 Å². The van der Waals surface area contributed by atoms with E-state index in [1.165, 1.54) is 0 Å². The van der Waals surface area contributed by atoms with Crippen LogP contribution in [0.4, 0.5) is 8.78 Å². The molecule has 0 heterocycles. The Kier molecular flexibility index (Phi) is 7.03. The quantitative estimate of drug-likeness (QED) is 0.494. The number of aryl methyl sites for hydroxylation is 3. The highest BCUT2D eigenvalue weighted by Crippen LogP contribution is 2.46. The first-order valence-corrected chi connectivity index (χ1v) is 12.0. The van der Waals surface area contributed by atoms with Crippen LogP contribution < -0.4 is 4.72 Å². The van der Waals surface area contributed by atoms with Crippen LogP contribution in [0.25, 0.3) is 11.1 Å². The van der Waals surface area contributed by atoms with E-state index < -0.39 is 46.2 Å². The summed E-state index contributed by atoms with van der Waals surface area (Å²) in [6.07, 6.45) is 1.02. The number of nitrogens with one attached hydrogen (secondary N) is 1. The molecule has 2 aromatic rings. The zero-order valence-corrected chi connectivity index (χ0v) is 20.3. The molecule has 1 aliphatic carbocycles. The Hall–Kier alpha value is -1.96. The molecule has 1 fully saturated rings. The highest BCUT2D eigenvalue weighted by Gasteiger charge is 2.37. The third-order valence-corrected chi connectivity index (χ3v) is 7.37. The van der Waals surface area contributed by atoms with Crippen molar-refractivity contribution in [2.24, 2.45) is 0 Å². The topological polar surface area (TPSA) is 72.4 Å². The van der Waals surface area contributed by atoms with Gasteiger partial charge < -0.3 is 9.66 Å². The van der Waals surface area contributed by atoms with Gasteiger partial charge in [0.25, 0.3) is 0 Å². The molecule has 0 radical (unpaired) electrons. The number of hydrogen-bond donors (Lipinski definition) is 2. The Morgan fingerprint density at radius 1 is 1.16 bits per heavy atom. The van der Waals surface area contributed by atoms with Crippen LogP contribution in [0.2, 0.25) is 0 Å². The Labute approximate surface area is 191 Å². The largest absolute Gasteiger partial charge is 0.598 e. The summed E-state index contributed by atoms with van der Waals surface area (Å²) in [6.45, 7) is 10.9. The molecule has 3 rings (SSSR count). The first-order chi connectivity index (χ1) is 14.8. The Morgan fingerprint density at radius 3 is 2.19 bits per heavy atom. The highest BCUT2D eigenvalue weighted by atomic mass is 32.2. The number of carbonyl (C=O) groups is 1. The molecule has 1 aliphatic rings. The van der Waals surface area contributed by atoms with E-state index in [1.807, 2.05) is 32.9 Å². The van der Waals surface area contributed by atoms with Crippen LogP contribution in [0.3, 0.4) is 0 Å². The van der Waals surface area contributed by atoms with E-state index in [0.29, 0.717) is 11.1 Å². The van der Waals surface area contributed by atoms with E-state index in [0.717, 1.165) is 29.5 Å². The normalized spacial score (nSPS) is 16.2. The van der Waals surface area contributed by atoms with Gasteiger partial charge in [-0.25, -0.2) is 8.78 Å². The molecule has 32 heavy (non-hydrogen) atoms. The van der Waals surface area contributed by atoms with E-state index in [2.05, 4.69) is 4.72 Å². The molecule has 1 unspecified atom stereocenters. The second-order valence-corrected chi connectivity index (χ2v) is 11.8. The molecule has 0 spiro atoms. The lowest BCUT2D eigenvalue weighted by molar-refractivity contribution is -0.137. The lowest BCUT2D eigenvalue weighted by Gasteiger charge is -2.29. The van der Waals surface area contributed by atoms with Gasteiger partial charge in [-0.2, -0.15) is 0 Å². The van der Waals surface area contributed by atoms with Gasteiger partial charge in [0.05, 0.1) is 12.5 Å². The Balaban J connectivity index is 2.25. The fourth-order valence-corrected chi connectivity index (χ4v) is 4.96. The first kappa shape index (κ1) is 24.7. The van der Waals surface area contributed by atoms with E-state index in [1.54, 1.807) is 26.8 Å². The highest BCUT2D eigenvalue weighted by molar-refractivity contribution is 7.90. The number of carboxylic acid groups (broad SMARTS) is 1. The van der Waals surface area contributed by atoms with Crippen LogP contribution in [0.15, 0.2) is 18.2 Å². The summed E-state index contributed by atoms with van der Waals surface area (Å²) in [4.78, 5) is 11.6. The van der Waals surface area contributed by atoms with Crippen molar-refractivity contribution in [3.63, 3.8) is 0 Å². The molecule has 0 amide bonds. The Bertz CT molecular complexity index is 1020. The molecular weight excluding hydrogens is 432 g/mol. The molecule has 2 N–H and O–H groups in total. The first-order valence-electron chi connectivity index (χ1n) is 10.8. The zero-order chi connectivity index (χ0) is 24.0. The van der Waals surface area contributed by atoms with Crippen molar-refractivity contribution in [2.75, 3.05) is 0 Å². The van der Waals surface area contributed by atoms with Crippen molar-refractivity contribution >= 4 is 17.3 Å². The van der Waals surface area contributed by atoms with E-state index in [4.69, 9.17) is 0 Å². The van der Waals surface area contributed by atoms with Gasteiger partial charge >= 0.3 is 5.97 Å². The summed E-state index contributed by atoms with van der Waals surface area (Å²) in [5.41, 5.74) is 3.76. The number of benzene rings is 2. The minimum absolute atomic E-state index is 0.0160. The second-order valence-electron chi connectivity index (χ2n) is 9.75. The molecule has 0 aromatic heterocycles. The van der Waals surface area contributed by atoms with Crippen molar-refractivity contribution in [2.45, 2.75) is 77.5 Å². The number of rotatable bonds is 7. The molecule has 0 bridgehead atoms. The average molecular weight is 464 g/mol. The van der Waals surface area contributed by atoms with Gasteiger partial charge in [0, 0.05) is 22.5 Å². The maximum atomic E-state index is 16.0. The minimum atomic E-state index is -1.71. The van der Waals surface area contributed by atoms with Gasteiger partial charge in [-0.1, -0.05) is 17.7 Å². The maximum Gasteiger partial charge on any atom is 0.305 e. The molecule has 1 saturated carbocycles. The molecule has 7 heteroatoms. The van der Waals surface area contributed by atoms with Crippen LogP contribution in [0, 0.1) is 32.4 Å². The summed E-state index contributed by atoms with van der Waals surface area (Å²) in [6, 6.07) is 4.21. The third kappa shape index (κ3) is 5.16. The molecule has 4 nitrogen and oxygen atoms in total. The van der Waals surface area contributed by atoms with Crippen molar-refractivity contribution in [3.05, 3.63) is 57.7 Å². The van der Waals surface area contributed by atoms with Crippen LogP contribution in [0.5, 0.6) is 0 Å². The third-order valence-electron chi connectivity index (χ3n) is 5.76. The number of aliphatic carboxylic acids is 1. The van der Waals surface area contributed by atoms with Crippen LogP contribution in [0.1, 0.15) is 79.8 Å². The predicted octanol–water partition coefficient (Wildman–Crippen LogP) is 6.00. The lowest BCUT2D eigenvalue weighted by atomic mass is 9.88. The van der Waals surface area contributed by atoms with Crippen molar-refractivity contribution in [3.8, 4) is 11.1 Å². The van der Waals surface area contributed by atoms with Gasteiger partial charge in [0.2, 0.25) is 0 Å². The zero-order valence-electron chi connectivity index (χ0n) is 19.4. The van der Waals surface area contributed by atoms with Gasteiger partial charge in [-0.15, -0.1) is 4.72 Å². The fourth-order valence-electron chi connectivity index (χ4n) is 4.15. The number of carboxylic acids is 1. The smallest absolute Gasteiger partial charge is 0.305 e. The minimum Gasteiger partial charge on any atom is -0.598 e. The van der Waals surface area contributed by atoms with Gasteiger partial charge in [0.15, 0.2) is 0 Å². The standard InChI is InChI=1S/C25H31F2NO3S/c1-13-9-14(2)21(15(3)10-13)18-11-17(16-7-8-16)23(26)22(24(18)27)19(12-20(29)30)28-32(31)25(4,5)6/h9-11,16,19,28H,7-8,12H2,1-6H3,(H,29,30)/t19?,32-/m1/s1. The van der Waals surface area contributed by atoms with Crippen LogP contribution in [-0.2, 0) is 16.2 Å². The molecular formula is C25H31F2NO3S. The summed E-state index contributed by atoms with van der Waals surface area (Å²) >= 11 is -1.71. The Morgan fingerprint density at radius 2 is 1.72 bits per heavy atom. The van der Waals surface area contributed by atoms with Gasteiger partial charge in [-0.3, -0.25) is 4.79 Å². The summed E-state index contributed by atoms with van der Waals surface area (Å²) < 4.78 is 46.4. The summed E-state index contributed by atoms with van der Waals surface area (Å²) in [5.74, 6) is -2.78. The predicted molar refractivity (Wildman–Crippen MR) is 124 cm³/mol. The molecule has 2 aromatic carbocycles. The molecule has 2 atom stereocenters. The van der Waals surface area contributed by atoms with Crippen molar-refractivity contribution in [1.29, 1.82) is 0 Å². The summed E-state index contributed by atoms with van der Waals surface area (Å²) in [7, 11) is 0. The average Bonchev–Trinajstić information content (AvgIpc) is 3.46. The molecule has 174 valence electrons. The molecule has 0 aliphatic heterocycles. The van der Waals surface area contributed by atoms with Crippen LogP contribution in [-0.4, -0.2) is 20.4 Å². The van der Waals surface area contributed by atoms with E-state index >= 15 is 8.78 Å². The molecule has 0 saturated heterocycles. The van der Waals surface area contributed by atoms with E-state index in [-0.39, 0.29) is 17.0 Å². The van der Waals surface area contributed by atoms with Crippen molar-refractivity contribution in [1.82, 2.24) is 4.72 Å².